The number of nitrogens with zero attached hydrogens (tertiary/aromatic N) is 1. The van der Waals surface area contributed by atoms with Gasteiger partial charge in [-0.3, -0.25) is 14.5 Å². The van der Waals surface area contributed by atoms with Gasteiger partial charge in [0.05, 0.1) is 12.7 Å². The first-order valence-electron chi connectivity index (χ1n) is 9.59. The second-order valence-electron chi connectivity index (χ2n) is 7.30. The van der Waals surface area contributed by atoms with Crippen molar-refractivity contribution >= 4 is 46.1 Å². The van der Waals surface area contributed by atoms with E-state index in [1.807, 2.05) is 31.4 Å². The number of anilines is 1. The number of methoxy groups -OCH3 is 1. The van der Waals surface area contributed by atoms with E-state index in [1.54, 1.807) is 43.5 Å². The number of Topliss-reactive ketones (excluding diaryl/α,β-unsaturated/α-hetero) is 1. The number of aliphatic hydroxyl groups is 1. The van der Waals surface area contributed by atoms with Crippen molar-refractivity contribution in [3.8, 4) is 5.75 Å². The third-order valence-corrected chi connectivity index (χ3v) is 6.52. The van der Waals surface area contributed by atoms with Crippen LogP contribution < -0.4 is 9.64 Å². The summed E-state index contributed by atoms with van der Waals surface area (Å²) < 4.78 is 5.28. The minimum atomic E-state index is -0.750. The van der Waals surface area contributed by atoms with Gasteiger partial charge in [0, 0.05) is 21.2 Å². The number of aliphatic hydroxyl groups excluding tert-OH is 1. The number of halogens is 1. The van der Waals surface area contributed by atoms with Gasteiger partial charge in [-0.05, 0) is 66.8 Å². The molecule has 1 saturated heterocycles. The molecule has 1 amide bonds. The quantitative estimate of drug-likeness (QED) is 0.315. The van der Waals surface area contributed by atoms with Crippen molar-refractivity contribution < 1.29 is 19.4 Å². The number of hydrogen-bond acceptors (Lipinski definition) is 5. The highest BCUT2D eigenvalue weighted by atomic mass is 35.5. The van der Waals surface area contributed by atoms with Crippen LogP contribution in [0.2, 0.25) is 5.02 Å². The maximum absolute atomic E-state index is 13.2. The summed E-state index contributed by atoms with van der Waals surface area (Å²) in [4.78, 5) is 28.5. The molecule has 1 unspecified atom stereocenters. The van der Waals surface area contributed by atoms with Crippen LogP contribution >= 0.6 is 22.9 Å². The lowest BCUT2D eigenvalue weighted by Gasteiger charge is -2.26. The molecule has 1 fully saturated rings. The number of aryl methyl sites for hydroxylation is 2. The third-order valence-electron chi connectivity index (χ3n) is 5.36. The Labute approximate surface area is 189 Å². The van der Waals surface area contributed by atoms with Crippen LogP contribution in [0, 0.1) is 13.8 Å². The van der Waals surface area contributed by atoms with E-state index in [9.17, 15) is 14.7 Å². The monoisotopic (exact) mass is 453 g/mol. The lowest BCUT2D eigenvalue weighted by molar-refractivity contribution is -0.132. The zero-order chi connectivity index (χ0) is 22.3. The van der Waals surface area contributed by atoms with E-state index in [4.69, 9.17) is 16.3 Å². The maximum Gasteiger partial charge on any atom is 0.300 e. The van der Waals surface area contributed by atoms with Crippen LogP contribution in [0.25, 0.3) is 5.76 Å². The highest BCUT2D eigenvalue weighted by molar-refractivity contribution is 7.10. The molecule has 1 atom stereocenters. The molecule has 2 heterocycles. The Kier molecular flexibility index (Phi) is 5.60. The van der Waals surface area contributed by atoms with Crippen LogP contribution in [-0.4, -0.2) is 23.9 Å². The standard InChI is InChI=1S/C24H20ClNO4S/c1-13-6-8-16(25)12-17(13)26-21(19-5-4-10-31-19)20(23(28)24(26)29)22(27)15-7-9-18(30-3)14(2)11-15/h4-12,21,27H,1-3H3/b22-20-. The number of rotatable bonds is 4. The molecule has 7 heteroatoms. The molecule has 1 aliphatic heterocycles. The molecule has 4 rings (SSSR count). The molecule has 0 spiro atoms. The van der Waals surface area contributed by atoms with E-state index < -0.39 is 17.7 Å². The van der Waals surface area contributed by atoms with Crippen molar-refractivity contribution in [2.75, 3.05) is 12.0 Å². The Morgan fingerprint density at radius 1 is 1.10 bits per heavy atom. The summed E-state index contributed by atoms with van der Waals surface area (Å²) in [5.74, 6) is -0.981. The zero-order valence-electron chi connectivity index (χ0n) is 17.2. The van der Waals surface area contributed by atoms with E-state index in [0.29, 0.717) is 22.0 Å². The SMILES string of the molecule is COc1ccc(/C(O)=C2/C(=O)C(=O)N(c3cc(Cl)ccc3C)C2c2cccs2)cc1C. The Hall–Kier alpha value is -3.09. The van der Waals surface area contributed by atoms with E-state index in [-0.39, 0.29) is 11.3 Å². The molecule has 0 bridgehead atoms. The number of ketones is 1. The summed E-state index contributed by atoms with van der Waals surface area (Å²) in [6.07, 6.45) is 0. The van der Waals surface area contributed by atoms with E-state index in [0.717, 1.165) is 16.0 Å². The minimum Gasteiger partial charge on any atom is -0.507 e. The number of carbonyl (C=O) groups is 2. The fourth-order valence-corrected chi connectivity index (χ4v) is 4.81. The van der Waals surface area contributed by atoms with Gasteiger partial charge in [0.2, 0.25) is 0 Å². The first-order chi connectivity index (χ1) is 14.8. The highest BCUT2D eigenvalue weighted by Gasteiger charge is 2.47. The molecule has 1 N–H and O–H groups in total. The van der Waals surface area contributed by atoms with Gasteiger partial charge >= 0.3 is 0 Å². The zero-order valence-corrected chi connectivity index (χ0v) is 18.8. The van der Waals surface area contributed by atoms with Crippen molar-refractivity contribution in [1.82, 2.24) is 0 Å². The van der Waals surface area contributed by atoms with Gasteiger partial charge in [-0.15, -0.1) is 11.3 Å². The molecular weight excluding hydrogens is 434 g/mol. The molecule has 2 aromatic carbocycles. The number of ether oxygens (including phenoxy) is 1. The molecule has 3 aromatic rings. The van der Waals surface area contributed by atoms with Gasteiger partial charge in [-0.25, -0.2) is 0 Å². The minimum absolute atomic E-state index is 0.0522. The average molecular weight is 454 g/mol. The van der Waals surface area contributed by atoms with Gasteiger partial charge in [0.15, 0.2) is 0 Å². The third kappa shape index (κ3) is 3.62. The van der Waals surface area contributed by atoms with Gasteiger partial charge in [0.1, 0.15) is 17.6 Å². The number of hydrogen-bond donors (Lipinski definition) is 1. The Morgan fingerprint density at radius 2 is 1.87 bits per heavy atom. The number of thiophene rings is 1. The van der Waals surface area contributed by atoms with Gasteiger partial charge in [-0.1, -0.05) is 23.7 Å². The van der Waals surface area contributed by atoms with Crippen LogP contribution in [0.15, 0.2) is 59.5 Å². The van der Waals surface area contributed by atoms with Crippen LogP contribution in [0.4, 0.5) is 5.69 Å². The fraction of sp³-hybridized carbons (Fsp3) is 0.167. The summed E-state index contributed by atoms with van der Waals surface area (Å²) in [6.45, 7) is 3.70. The van der Waals surface area contributed by atoms with Crippen LogP contribution in [-0.2, 0) is 9.59 Å². The average Bonchev–Trinajstić information content (AvgIpc) is 3.36. The van der Waals surface area contributed by atoms with Gasteiger partial charge in [-0.2, -0.15) is 0 Å². The second-order valence-corrected chi connectivity index (χ2v) is 8.72. The molecule has 0 aliphatic carbocycles. The van der Waals surface area contributed by atoms with E-state index in [2.05, 4.69) is 0 Å². The van der Waals surface area contributed by atoms with Crippen molar-refractivity contribution in [3.63, 3.8) is 0 Å². The summed E-state index contributed by atoms with van der Waals surface area (Å²) in [5, 5.41) is 13.5. The molecule has 5 nitrogen and oxygen atoms in total. The topological polar surface area (TPSA) is 66.8 Å². The molecule has 1 aliphatic rings. The van der Waals surface area contributed by atoms with Crippen LogP contribution in [0.1, 0.15) is 27.6 Å². The van der Waals surface area contributed by atoms with Crippen molar-refractivity contribution in [3.05, 3.63) is 86.1 Å². The smallest absolute Gasteiger partial charge is 0.300 e. The summed E-state index contributed by atoms with van der Waals surface area (Å²) in [6, 6.07) is 13.3. The number of carbonyl (C=O) groups excluding carboxylic acids is 2. The molecule has 158 valence electrons. The predicted molar refractivity (Wildman–Crippen MR) is 123 cm³/mol. The fourth-order valence-electron chi connectivity index (χ4n) is 3.82. The Balaban J connectivity index is 1.94. The van der Waals surface area contributed by atoms with Gasteiger partial charge < -0.3 is 9.84 Å². The summed E-state index contributed by atoms with van der Waals surface area (Å²) in [5.41, 5.74) is 2.64. The first kappa shape index (κ1) is 21.2. The molecule has 31 heavy (non-hydrogen) atoms. The molecular formula is C24H20ClNO4S. The van der Waals surface area contributed by atoms with Crippen molar-refractivity contribution in [2.24, 2.45) is 0 Å². The normalized spacial score (nSPS) is 17.9. The lowest BCUT2D eigenvalue weighted by Crippen LogP contribution is -2.29. The largest absolute Gasteiger partial charge is 0.507 e. The molecule has 0 saturated carbocycles. The molecule has 0 radical (unpaired) electrons. The molecule has 1 aromatic heterocycles. The highest BCUT2D eigenvalue weighted by Crippen LogP contribution is 2.45. The second kappa shape index (κ2) is 8.21. The summed E-state index contributed by atoms with van der Waals surface area (Å²) in [7, 11) is 1.57. The van der Waals surface area contributed by atoms with E-state index in [1.165, 1.54) is 16.2 Å². The van der Waals surface area contributed by atoms with Crippen molar-refractivity contribution in [1.29, 1.82) is 0 Å². The summed E-state index contributed by atoms with van der Waals surface area (Å²) >= 11 is 7.61. The van der Waals surface area contributed by atoms with Crippen LogP contribution in [0.5, 0.6) is 5.75 Å². The number of benzene rings is 2. The predicted octanol–water partition coefficient (Wildman–Crippen LogP) is 5.65. The van der Waals surface area contributed by atoms with Crippen molar-refractivity contribution in [2.45, 2.75) is 19.9 Å². The lowest BCUT2D eigenvalue weighted by atomic mass is 9.98. The Morgan fingerprint density at radius 3 is 2.52 bits per heavy atom. The maximum atomic E-state index is 13.2. The Bertz CT molecular complexity index is 1220. The van der Waals surface area contributed by atoms with Crippen LogP contribution in [0.3, 0.4) is 0 Å². The van der Waals surface area contributed by atoms with E-state index >= 15 is 0 Å². The first-order valence-corrected chi connectivity index (χ1v) is 10.8. The number of amides is 1. The van der Waals surface area contributed by atoms with Gasteiger partial charge in [0.25, 0.3) is 11.7 Å².